The zero-order chi connectivity index (χ0) is 13.8. The Morgan fingerprint density at radius 1 is 1.42 bits per heavy atom. The molecule has 2 rings (SSSR count). The standard InChI is InChI=1S/C14H13NO4/c1-9(2)8-18-11-5-3-10(4-6-11)12-7-13(14(16)17)19-15-12/h3-7H,1,8H2,2H3,(H,16,17). The molecule has 0 saturated carbocycles. The fourth-order valence-corrected chi connectivity index (χ4v) is 1.44. The van der Waals surface area contributed by atoms with Crippen LogP contribution in [-0.4, -0.2) is 22.8 Å². The molecule has 0 fully saturated rings. The van der Waals surface area contributed by atoms with Crippen LogP contribution in [0.1, 0.15) is 17.5 Å². The second-order valence-electron chi connectivity index (χ2n) is 4.15. The summed E-state index contributed by atoms with van der Waals surface area (Å²) < 4.78 is 10.2. The molecule has 0 aliphatic heterocycles. The monoisotopic (exact) mass is 259 g/mol. The zero-order valence-corrected chi connectivity index (χ0v) is 10.4. The molecule has 0 atom stereocenters. The van der Waals surface area contributed by atoms with E-state index in [-0.39, 0.29) is 5.76 Å². The van der Waals surface area contributed by atoms with Crippen LogP contribution < -0.4 is 4.74 Å². The number of hydrogen-bond donors (Lipinski definition) is 1. The number of aromatic carboxylic acids is 1. The van der Waals surface area contributed by atoms with Crippen LogP contribution in [0.5, 0.6) is 5.75 Å². The molecule has 0 bridgehead atoms. The first-order valence-electron chi connectivity index (χ1n) is 5.64. The van der Waals surface area contributed by atoms with E-state index in [9.17, 15) is 4.79 Å². The predicted octanol–water partition coefficient (Wildman–Crippen LogP) is 2.99. The maximum absolute atomic E-state index is 10.7. The molecule has 0 aliphatic rings. The van der Waals surface area contributed by atoms with E-state index in [4.69, 9.17) is 14.4 Å². The highest BCUT2D eigenvalue weighted by Gasteiger charge is 2.12. The number of rotatable bonds is 5. The molecule has 0 saturated heterocycles. The lowest BCUT2D eigenvalue weighted by Gasteiger charge is -2.05. The first-order valence-corrected chi connectivity index (χ1v) is 5.64. The summed E-state index contributed by atoms with van der Waals surface area (Å²) in [5, 5.41) is 12.4. The second kappa shape index (κ2) is 5.39. The third-order valence-electron chi connectivity index (χ3n) is 2.36. The number of hydrogen-bond acceptors (Lipinski definition) is 4. The summed E-state index contributed by atoms with van der Waals surface area (Å²) in [6, 6.07) is 8.53. The molecular formula is C14H13NO4. The van der Waals surface area contributed by atoms with Gasteiger partial charge in [0.25, 0.3) is 0 Å². The molecule has 5 nitrogen and oxygen atoms in total. The predicted molar refractivity (Wildman–Crippen MR) is 69.2 cm³/mol. The molecule has 1 N–H and O–H groups in total. The molecule has 2 aromatic rings. The van der Waals surface area contributed by atoms with E-state index in [2.05, 4.69) is 11.7 Å². The summed E-state index contributed by atoms with van der Waals surface area (Å²) in [6.07, 6.45) is 0. The van der Waals surface area contributed by atoms with E-state index >= 15 is 0 Å². The van der Waals surface area contributed by atoms with Crippen LogP contribution >= 0.6 is 0 Å². The van der Waals surface area contributed by atoms with Gasteiger partial charge in [0, 0.05) is 11.6 Å². The Labute approximate surface area is 110 Å². The lowest BCUT2D eigenvalue weighted by atomic mass is 10.1. The Morgan fingerprint density at radius 2 is 2.11 bits per heavy atom. The van der Waals surface area contributed by atoms with Crippen LogP contribution in [0, 0.1) is 0 Å². The van der Waals surface area contributed by atoms with E-state index in [1.54, 1.807) is 24.3 Å². The van der Waals surface area contributed by atoms with Crippen molar-refractivity contribution in [2.75, 3.05) is 6.61 Å². The van der Waals surface area contributed by atoms with E-state index in [1.807, 2.05) is 6.92 Å². The second-order valence-corrected chi connectivity index (χ2v) is 4.15. The van der Waals surface area contributed by atoms with Gasteiger partial charge < -0.3 is 14.4 Å². The third-order valence-corrected chi connectivity index (χ3v) is 2.36. The minimum atomic E-state index is -1.14. The van der Waals surface area contributed by atoms with Gasteiger partial charge in [-0.25, -0.2) is 4.79 Å². The fraction of sp³-hybridized carbons (Fsp3) is 0.143. The maximum Gasteiger partial charge on any atom is 0.374 e. The molecule has 0 aliphatic carbocycles. The van der Waals surface area contributed by atoms with Crippen molar-refractivity contribution in [3.8, 4) is 17.0 Å². The maximum atomic E-state index is 10.7. The summed E-state index contributed by atoms with van der Waals surface area (Å²) in [7, 11) is 0. The Bertz CT molecular complexity index is 598. The largest absolute Gasteiger partial charge is 0.489 e. The number of carbonyl (C=O) groups is 1. The molecule has 0 unspecified atom stereocenters. The number of aromatic nitrogens is 1. The van der Waals surface area contributed by atoms with Crippen molar-refractivity contribution in [1.29, 1.82) is 0 Å². The van der Waals surface area contributed by atoms with Gasteiger partial charge in [-0.05, 0) is 36.8 Å². The van der Waals surface area contributed by atoms with Crippen molar-refractivity contribution in [3.63, 3.8) is 0 Å². The summed E-state index contributed by atoms with van der Waals surface area (Å²) >= 11 is 0. The van der Waals surface area contributed by atoms with E-state index < -0.39 is 5.97 Å². The van der Waals surface area contributed by atoms with Crippen molar-refractivity contribution >= 4 is 5.97 Å². The topological polar surface area (TPSA) is 72.6 Å². The molecule has 1 aromatic heterocycles. The number of benzene rings is 1. The average Bonchev–Trinajstić information content (AvgIpc) is 2.86. The molecule has 0 radical (unpaired) electrons. The van der Waals surface area contributed by atoms with E-state index in [0.717, 1.165) is 11.1 Å². The van der Waals surface area contributed by atoms with E-state index in [0.29, 0.717) is 18.1 Å². The fourth-order valence-electron chi connectivity index (χ4n) is 1.44. The van der Waals surface area contributed by atoms with Crippen LogP contribution in [0.25, 0.3) is 11.3 Å². The molecule has 1 aromatic carbocycles. The van der Waals surface area contributed by atoms with Gasteiger partial charge in [-0.1, -0.05) is 11.7 Å². The Balaban J connectivity index is 2.12. The van der Waals surface area contributed by atoms with Gasteiger partial charge in [-0.15, -0.1) is 0 Å². The van der Waals surface area contributed by atoms with Crippen LogP contribution in [0.2, 0.25) is 0 Å². The van der Waals surface area contributed by atoms with Gasteiger partial charge in [-0.2, -0.15) is 0 Å². The third kappa shape index (κ3) is 3.22. The van der Waals surface area contributed by atoms with Crippen LogP contribution in [0.4, 0.5) is 0 Å². The van der Waals surface area contributed by atoms with Crippen LogP contribution in [-0.2, 0) is 0 Å². The number of ether oxygens (including phenoxy) is 1. The van der Waals surface area contributed by atoms with Gasteiger partial charge in [0.1, 0.15) is 18.1 Å². The Morgan fingerprint density at radius 3 is 2.63 bits per heavy atom. The van der Waals surface area contributed by atoms with Crippen LogP contribution in [0.15, 0.2) is 47.0 Å². The summed E-state index contributed by atoms with van der Waals surface area (Å²) in [6.45, 7) is 6.10. The molecular weight excluding hydrogens is 246 g/mol. The minimum absolute atomic E-state index is 0.183. The summed E-state index contributed by atoms with van der Waals surface area (Å²) in [5.41, 5.74) is 2.18. The highest BCUT2D eigenvalue weighted by atomic mass is 16.5. The van der Waals surface area contributed by atoms with Gasteiger partial charge >= 0.3 is 5.97 Å². The Hall–Kier alpha value is -2.56. The first kappa shape index (κ1) is 12.9. The smallest absolute Gasteiger partial charge is 0.374 e. The summed E-state index contributed by atoms with van der Waals surface area (Å²) in [5.74, 6) is -0.605. The van der Waals surface area contributed by atoms with Crippen molar-refractivity contribution in [2.45, 2.75) is 6.92 Å². The highest BCUT2D eigenvalue weighted by Crippen LogP contribution is 2.22. The lowest BCUT2D eigenvalue weighted by molar-refractivity contribution is 0.0652. The quantitative estimate of drug-likeness (QED) is 0.835. The van der Waals surface area contributed by atoms with Gasteiger partial charge in [-0.3, -0.25) is 0 Å². The lowest BCUT2D eigenvalue weighted by Crippen LogP contribution is -1.97. The van der Waals surface area contributed by atoms with Crippen LogP contribution in [0.3, 0.4) is 0 Å². The van der Waals surface area contributed by atoms with Gasteiger partial charge in [0.2, 0.25) is 5.76 Å². The summed E-state index contributed by atoms with van der Waals surface area (Å²) in [4.78, 5) is 10.7. The number of nitrogens with zero attached hydrogens (tertiary/aromatic N) is 1. The first-order chi connectivity index (χ1) is 9.06. The normalized spacial score (nSPS) is 10.2. The molecule has 1 heterocycles. The number of carboxylic acids is 1. The van der Waals surface area contributed by atoms with Crippen molar-refractivity contribution in [2.24, 2.45) is 0 Å². The highest BCUT2D eigenvalue weighted by molar-refractivity contribution is 5.85. The molecule has 0 amide bonds. The Kier molecular flexibility index (Phi) is 3.66. The minimum Gasteiger partial charge on any atom is -0.489 e. The van der Waals surface area contributed by atoms with Gasteiger partial charge in [0.15, 0.2) is 0 Å². The van der Waals surface area contributed by atoms with Gasteiger partial charge in [0.05, 0.1) is 0 Å². The zero-order valence-electron chi connectivity index (χ0n) is 10.4. The molecule has 98 valence electrons. The molecule has 19 heavy (non-hydrogen) atoms. The van der Waals surface area contributed by atoms with Crippen molar-refractivity contribution in [3.05, 3.63) is 48.2 Å². The molecule has 5 heteroatoms. The van der Waals surface area contributed by atoms with Crippen molar-refractivity contribution in [1.82, 2.24) is 5.16 Å². The van der Waals surface area contributed by atoms with Crippen molar-refractivity contribution < 1.29 is 19.2 Å². The molecule has 0 spiro atoms. The number of carboxylic acid groups (broad SMARTS) is 1. The van der Waals surface area contributed by atoms with E-state index in [1.165, 1.54) is 6.07 Å². The average molecular weight is 259 g/mol. The SMILES string of the molecule is C=C(C)COc1ccc(-c2cc(C(=O)O)on2)cc1.